The van der Waals surface area contributed by atoms with E-state index < -0.39 is 0 Å². The average Bonchev–Trinajstić information content (AvgIpc) is 2.88. The number of halogens is 2. The molecule has 0 aromatic heterocycles. The highest BCUT2D eigenvalue weighted by Gasteiger charge is 2.42. The maximum absolute atomic E-state index is 13.6. The fourth-order valence-corrected chi connectivity index (χ4v) is 3.80. The minimum atomic E-state index is -0.312. The Morgan fingerprint density at radius 1 is 1.40 bits per heavy atom. The molecule has 1 unspecified atom stereocenters. The molecule has 1 heterocycles. The maximum atomic E-state index is 13.6. The van der Waals surface area contributed by atoms with Crippen LogP contribution in [0, 0.1) is 5.82 Å². The molecule has 1 aromatic rings. The molecule has 3 rings (SSSR count). The Hall–Kier alpha value is -0.640. The van der Waals surface area contributed by atoms with Crippen molar-refractivity contribution < 1.29 is 4.39 Å². The van der Waals surface area contributed by atoms with Crippen molar-refractivity contribution in [2.24, 2.45) is 0 Å². The number of hydrogen-bond acceptors (Lipinski definition) is 2. The Morgan fingerprint density at radius 3 is 2.85 bits per heavy atom. The van der Waals surface area contributed by atoms with Crippen LogP contribution in [0.2, 0.25) is 5.02 Å². The largest absolute Gasteiger partial charge is 0.311 e. The lowest BCUT2D eigenvalue weighted by Gasteiger charge is -2.48. The minimum absolute atomic E-state index is 0.206. The van der Waals surface area contributed by atoms with Crippen LogP contribution in [0.1, 0.15) is 38.2 Å². The molecule has 110 valence electrons. The zero-order valence-electron chi connectivity index (χ0n) is 12.0. The van der Waals surface area contributed by atoms with E-state index in [1.165, 1.54) is 25.7 Å². The van der Waals surface area contributed by atoms with Crippen molar-refractivity contribution >= 4 is 11.6 Å². The second-order valence-corrected chi connectivity index (χ2v) is 6.75. The SMILES string of the molecule is CC1CN(Cc2ccc(Cl)c(F)c2)C2(CCCC2)CN1. The van der Waals surface area contributed by atoms with Crippen LogP contribution in [0.4, 0.5) is 4.39 Å². The quantitative estimate of drug-likeness (QED) is 0.897. The summed E-state index contributed by atoms with van der Waals surface area (Å²) in [6.45, 7) is 5.13. The van der Waals surface area contributed by atoms with Gasteiger partial charge in [0, 0.05) is 31.2 Å². The van der Waals surface area contributed by atoms with Crippen molar-refractivity contribution in [3.05, 3.63) is 34.6 Å². The molecule has 0 bridgehead atoms. The van der Waals surface area contributed by atoms with E-state index in [1.807, 2.05) is 6.07 Å². The first-order valence-electron chi connectivity index (χ1n) is 7.51. The van der Waals surface area contributed by atoms with Crippen LogP contribution < -0.4 is 5.32 Å². The van der Waals surface area contributed by atoms with Gasteiger partial charge in [-0.25, -0.2) is 4.39 Å². The number of nitrogens with zero attached hydrogens (tertiary/aromatic N) is 1. The Labute approximate surface area is 125 Å². The zero-order chi connectivity index (χ0) is 14.2. The molecule has 1 saturated heterocycles. The van der Waals surface area contributed by atoms with E-state index in [1.54, 1.807) is 12.1 Å². The van der Waals surface area contributed by atoms with Crippen LogP contribution in [0.3, 0.4) is 0 Å². The maximum Gasteiger partial charge on any atom is 0.142 e. The van der Waals surface area contributed by atoms with Gasteiger partial charge in [0.2, 0.25) is 0 Å². The lowest BCUT2D eigenvalue weighted by atomic mass is 9.90. The van der Waals surface area contributed by atoms with E-state index in [-0.39, 0.29) is 16.4 Å². The van der Waals surface area contributed by atoms with Gasteiger partial charge in [0.25, 0.3) is 0 Å². The van der Waals surface area contributed by atoms with Crippen molar-refractivity contribution in [1.82, 2.24) is 10.2 Å². The van der Waals surface area contributed by atoms with Crippen molar-refractivity contribution in [3.8, 4) is 0 Å². The highest BCUT2D eigenvalue weighted by molar-refractivity contribution is 6.30. The molecule has 1 spiro atoms. The third kappa shape index (κ3) is 2.72. The molecule has 1 atom stereocenters. The minimum Gasteiger partial charge on any atom is -0.311 e. The number of hydrogen-bond donors (Lipinski definition) is 1. The van der Waals surface area contributed by atoms with Crippen LogP contribution >= 0.6 is 11.6 Å². The van der Waals surface area contributed by atoms with Gasteiger partial charge in [-0.05, 0) is 37.5 Å². The van der Waals surface area contributed by atoms with Crippen molar-refractivity contribution in [1.29, 1.82) is 0 Å². The van der Waals surface area contributed by atoms with Gasteiger partial charge in [0.15, 0.2) is 0 Å². The summed E-state index contributed by atoms with van der Waals surface area (Å²) in [5, 5.41) is 3.82. The van der Waals surface area contributed by atoms with Gasteiger partial charge in [-0.2, -0.15) is 0 Å². The van der Waals surface area contributed by atoms with Crippen LogP contribution in [0.15, 0.2) is 18.2 Å². The summed E-state index contributed by atoms with van der Waals surface area (Å²) in [6.07, 6.45) is 5.12. The predicted octanol–water partition coefficient (Wildman–Crippen LogP) is 3.59. The van der Waals surface area contributed by atoms with Crippen LogP contribution in [-0.4, -0.2) is 29.6 Å². The smallest absolute Gasteiger partial charge is 0.142 e. The molecular formula is C16H22ClFN2. The molecule has 0 radical (unpaired) electrons. The molecule has 1 saturated carbocycles. The molecule has 2 aliphatic rings. The Balaban J connectivity index is 1.80. The average molecular weight is 297 g/mol. The van der Waals surface area contributed by atoms with E-state index >= 15 is 0 Å². The summed E-state index contributed by atoms with van der Waals surface area (Å²) in [6, 6.07) is 5.69. The van der Waals surface area contributed by atoms with Gasteiger partial charge < -0.3 is 5.32 Å². The molecule has 1 aliphatic heterocycles. The van der Waals surface area contributed by atoms with E-state index in [0.717, 1.165) is 25.2 Å². The molecule has 0 amide bonds. The molecule has 1 aliphatic carbocycles. The second-order valence-electron chi connectivity index (χ2n) is 6.34. The van der Waals surface area contributed by atoms with Crippen LogP contribution in [0.25, 0.3) is 0 Å². The monoisotopic (exact) mass is 296 g/mol. The Kier molecular flexibility index (Phi) is 4.02. The van der Waals surface area contributed by atoms with E-state index in [4.69, 9.17) is 11.6 Å². The molecule has 20 heavy (non-hydrogen) atoms. The Morgan fingerprint density at radius 2 is 2.15 bits per heavy atom. The highest BCUT2D eigenvalue weighted by atomic mass is 35.5. The standard InChI is InChI=1S/C16H22ClFN2/c1-12-9-20(16(11-19-12)6-2-3-7-16)10-13-4-5-14(17)15(18)8-13/h4-5,8,12,19H,2-3,6-7,9-11H2,1H3. The van der Waals surface area contributed by atoms with E-state index in [9.17, 15) is 4.39 Å². The number of benzene rings is 1. The van der Waals surface area contributed by atoms with Gasteiger partial charge in [-0.15, -0.1) is 0 Å². The summed E-state index contributed by atoms with van der Waals surface area (Å²) < 4.78 is 13.6. The fraction of sp³-hybridized carbons (Fsp3) is 0.625. The van der Waals surface area contributed by atoms with Gasteiger partial charge in [-0.1, -0.05) is 30.5 Å². The third-order valence-electron chi connectivity index (χ3n) is 4.84. The summed E-state index contributed by atoms with van der Waals surface area (Å²) in [4.78, 5) is 2.56. The second kappa shape index (κ2) is 5.63. The molecule has 2 nitrogen and oxygen atoms in total. The molecule has 2 fully saturated rings. The summed E-state index contributed by atoms with van der Waals surface area (Å²) >= 11 is 5.77. The highest BCUT2D eigenvalue weighted by Crippen LogP contribution is 2.37. The number of piperazine rings is 1. The van der Waals surface area contributed by atoms with Gasteiger partial charge in [-0.3, -0.25) is 4.90 Å². The van der Waals surface area contributed by atoms with E-state index in [2.05, 4.69) is 17.1 Å². The third-order valence-corrected chi connectivity index (χ3v) is 5.14. The number of rotatable bonds is 2. The lowest BCUT2D eigenvalue weighted by Crippen LogP contribution is -2.62. The van der Waals surface area contributed by atoms with E-state index in [0.29, 0.717) is 6.04 Å². The lowest BCUT2D eigenvalue weighted by molar-refractivity contribution is 0.0392. The molecular weight excluding hydrogens is 275 g/mol. The van der Waals surface area contributed by atoms with Crippen molar-refractivity contribution in [2.45, 2.75) is 50.7 Å². The van der Waals surface area contributed by atoms with Crippen molar-refractivity contribution in [3.63, 3.8) is 0 Å². The van der Waals surface area contributed by atoms with Gasteiger partial charge in [0.1, 0.15) is 5.82 Å². The predicted molar refractivity (Wildman–Crippen MR) is 80.5 cm³/mol. The normalized spacial score (nSPS) is 26.2. The van der Waals surface area contributed by atoms with Gasteiger partial charge >= 0.3 is 0 Å². The first-order valence-corrected chi connectivity index (χ1v) is 7.89. The fourth-order valence-electron chi connectivity index (χ4n) is 3.68. The molecule has 1 aromatic carbocycles. The van der Waals surface area contributed by atoms with Crippen molar-refractivity contribution in [2.75, 3.05) is 13.1 Å². The Bertz CT molecular complexity index is 485. The zero-order valence-corrected chi connectivity index (χ0v) is 12.7. The molecule has 4 heteroatoms. The first kappa shape index (κ1) is 14.3. The summed E-state index contributed by atoms with van der Waals surface area (Å²) in [7, 11) is 0. The van der Waals surface area contributed by atoms with Gasteiger partial charge in [0.05, 0.1) is 5.02 Å². The van der Waals surface area contributed by atoms with Crippen LogP contribution in [0.5, 0.6) is 0 Å². The first-order chi connectivity index (χ1) is 9.59. The molecule has 1 N–H and O–H groups in total. The number of nitrogens with one attached hydrogen (secondary N) is 1. The summed E-state index contributed by atoms with van der Waals surface area (Å²) in [5.74, 6) is -0.312. The van der Waals surface area contributed by atoms with Crippen LogP contribution in [-0.2, 0) is 6.54 Å². The summed E-state index contributed by atoms with van der Waals surface area (Å²) in [5.41, 5.74) is 1.30. The topological polar surface area (TPSA) is 15.3 Å².